The highest BCUT2D eigenvalue weighted by atomic mass is 15.5. The normalized spacial score (nSPS) is 33.2. The van der Waals surface area contributed by atoms with E-state index < -0.39 is 0 Å². The highest BCUT2D eigenvalue weighted by molar-refractivity contribution is 5.04. The van der Waals surface area contributed by atoms with Crippen LogP contribution in [0.25, 0.3) is 0 Å². The van der Waals surface area contributed by atoms with Gasteiger partial charge in [0.15, 0.2) is 5.82 Å². The number of nitrogens with zero attached hydrogens (tertiary/aromatic N) is 5. The molecule has 1 aromatic heterocycles. The molecule has 2 aliphatic rings. The zero-order chi connectivity index (χ0) is 11.8. The molecule has 0 saturated carbocycles. The molecule has 3 rings (SSSR count). The van der Waals surface area contributed by atoms with Crippen LogP contribution in [0.4, 0.5) is 0 Å². The molecule has 1 aromatic rings. The van der Waals surface area contributed by atoms with Crippen molar-refractivity contribution in [2.45, 2.75) is 50.2 Å². The van der Waals surface area contributed by atoms with Gasteiger partial charge in [0.25, 0.3) is 0 Å². The Morgan fingerprint density at radius 3 is 2.65 bits per heavy atom. The third kappa shape index (κ3) is 1.85. The molecule has 0 aromatic carbocycles. The minimum absolute atomic E-state index is 0.519. The summed E-state index contributed by atoms with van der Waals surface area (Å²) >= 11 is 0. The summed E-state index contributed by atoms with van der Waals surface area (Å²) in [5.74, 6) is 1.56. The Hall–Kier alpha value is -1.01. The van der Waals surface area contributed by atoms with Gasteiger partial charge in [0, 0.05) is 24.5 Å². The number of rotatable bonds is 3. The van der Waals surface area contributed by atoms with E-state index in [9.17, 15) is 0 Å². The van der Waals surface area contributed by atoms with Gasteiger partial charge >= 0.3 is 0 Å². The fraction of sp³-hybridized carbons (Fsp3) is 0.909. The highest BCUT2D eigenvalue weighted by Gasteiger charge is 2.40. The quantitative estimate of drug-likeness (QED) is 0.798. The van der Waals surface area contributed by atoms with Gasteiger partial charge in [-0.05, 0) is 43.2 Å². The molecule has 94 valence electrons. The summed E-state index contributed by atoms with van der Waals surface area (Å²) in [4.78, 5) is 2.54. The maximum absolute atomic E-state index is 5.58. The van der Waals surface area contributed by atoms with E-state index in [0.717, 1.165) is 24.5 Å². The van der Waals surface area contributed by atoms with E-state index in [1.54, 1.807) is 0 Å². The molecule has 0 spiro atoms. The largest absolute Gasteiger partial charge is 0.329 e. The molecule has 2 bridgehead atoms. The molecular weight excluding hydrogens is 216 g/mol. The highest BCUT2D eigenvalue weighted by Crippen LogP contribution is 2.41. The van der Waals surface area contributed by atoms with E-state index in [4.69, 9.17) is 5.73 Å². The minimum atomic E-state index is 0.519. The van der Waals surface area contributed by atoms with Crippen LogP contribution in [0.5, 0.6) is 0 Å². The number of hydrogen-bond acceptors (Lipinski definition) is 5. The lowest BCUT2D eigenvalue weighted by molar-refractivity contribution is 0.157. The molecule has 3 heterocycles. The van der Waals surface area contributed by atoms with Crippen molar-refractivity contribution in [3.63, 3.8) is 0 Å². The van der Waals surface area contributed by atoms with E-state index in [1.165, 1.54) is 25.7 Å². The molecule has 2 atom stereocenters. The van der Waals surface area contributed by atoms with Gasteiger partial charge < -0.3 is 10.6 Å². The summed E-state index contributed by atoms with van der Waals surface area (Å²) in [6, 6.07) is 1.45. The second-order valence-corrected chi connectivity index (χ2v) is 5.27. The summed E-state index contributed by atoms with van der Waals surface area (Å²) in [5.41, 5.74) is 5.58. The zero-order valence-electron chi connectivity index (χ0n) is 10.3. The Morgan fingerprint density at radius 2 is 2.00 bits per heavy atom. The van der Waals surface area contributed by atoms with Crippen LogP contribution >= 0.6 is 0 Å². The van der Waals surface area contributed by atoms with Gasteiger partial charge in [-0.15, -0.1) is 5.10 Å². The maximum Gasteiger partial charge on any atom is 0.154 e. The Labute approximate surface area is 101 Å². The van der Waals surface area contributed by atoms with Crippen molar-refractivity contribution < 1.29 is 0 Å². The summed E-state index contributed by atoms with van der Waals surface area (Å²) in [5, 5.41) is 12.0. The first kappa shape index (κ1) is 11.1. The lowest BCUT2D eigenvalue weighted by Gasteiger charge is -2.35. The molecule has 6 nitrogen and oxygen atoms in total. The molecule has 2 unspecified atom stereocenters. The van der Waals surface area contributed by atoms with Crippen molar-refractivity contribution in [2.24, 2.45) is 5.73 Å². The van der Waals surface area contributed by atoms with Crippen molar-refractivity contribution in [2.75, 3.05) is 13.6 Å². The topological polar surface area (TPSA) is 72.9 Å². The number of fused-ring (bicyclic) bond motifs is 2. The van der Waals surface area contributed by atoms with Crippen molar-refractivity contribution in [1.29, 1.82) is 0 Å². The van der Waals surface area contributed by atoms with Gasteiger partial charge in [0.05, 0.1) is 6.54 Å². The summed E-state index contributed by atoms with van der Waals surface area (Å²) in [6.07, 6.45) is 5.04. The van der Waals surface area contributed by atoms with Crippen LogP contribution in [0.3, 0.4) is 0 Å². The van der Waals surface area contributed by atoms with Crippen LogP contribution in [0.1, 0.15) is 37.4 Å². The van der Waals surface area contributed by atoms with Crippen LogP contribution in [0.15, 0.2) is 0 Å². The second kappa shape index (κ2) is 4.34. The summed E-state index contributed by atoms with van der Waals surface area (Å²) in [7, 11) is 2.25. The van der Waals surface area contributed by atoms with Gasteiger partial charge in [-0.25, -0.2) is 4.68 Å². The van der Waals surface area contributed by atoms with Crippen LogP contribution in [-0.4, -0.2) is 50.8 Å². The molecule has 17 heavy (non-hydrogen) atoms. The fourth-order valence-corrected chi connectivity index (χ4v) is 3.41. The monoisotopic (exact) mass is 236 g/mol. The van der Waals surface area contributed by atoms with E-state index in [0.29, 0.717) is 12.5 Å². The average Bonchev–Trinajstić information content (AvgIpc) is 2.83. The standard InChI is InChI=1S/C11H20N6/c1-16-9-2-3-10(16)7-8(6-9)11-13-14-15-17(11)5-4-12/h8-10H,2-7,12H2,1H3. The second-order valence-electron chi connectivity index (χ2n) is 5.27. The molecule has 0 aliphatic carbocycles. The third-order valence-electron chi connectivity index (χ3n) is 4.36. The van der Waals surface area contributed by atoms with Gasteiger partial charge in [-0.3, -0.25) is 0 Å². The molecule has 0 amide bonds. The molecule has 6 heteroatoms. The van der Waals surface area contributed by atoms with Gasteiger partial charge in [0.2, 0.25) is 0 Å². The van der Waals surface area contributed by atoms with Crippen molar-refractivity contribution in [3.8, 4) is 0 Å². The molecule has 0 radical (unpaired) electrons. The van der Waals surface area contributed by atoms with Crippen LogP contribution < -0.4 is 5.73 Å². The third-order valence-corrected chi connectivity index (χ3v) is 4.36. The number of tetrazole rings is 1. The van der Waals surface area contributed by atoms with Gasteiger partial charge in [-0.2, -0.15) is 0 Å². The number of hydrogen-bond donors (Lipinski definition) is 1. The molecule has 2 aliphatic heterocycles. The molecule has 2 N–H and O–H groups in total. The molecule has 2 fully saturated rings. The predicted molar refractivity (Wildman–Crippen MR) is 63.4 cm³/mol. The smallest absolute Gasteiger partial charge is 0.154 e. The van der Waals surface area contributed by atoms with Crippen molar-refractivity contribution >= 4 is 0 Å². The van der Waals surface area contributed by atoms with E-state index in [1.807, 2.05) is 4.68 Å². The first-order chi connectivity index (χ1) is 8.29. The van der Waals surface area contributed by atoms with Crippen molar-refractivity contribution in [1.82, 2.24) is 25.1 Å². The fourth-order valence-electron chi connectivity index (χ4n) is 3.41. The minimum Gasteiger partial charge on any atom is -0.329 e. The lowest BCUT2D eigenvalue weighted by atomic mass is 9.90. The summed E-state index contributed by atoms with van der Waals surface area (Å²) in [6.45, 7) is 1.32. The van der Waals surface area contributed by atoms with E-state index in [2.05, 4.69) is 27.5 Å². The maximum atomic E-state index is 5.58. The first-order valence-corrected chi connectivity index (χ1v) is 6.47. The van der Waals surface area contributed by atoms with E-state index >= 15 is 0 Å². The first-order valence-electron chi connectivity index (χ1n) is 6.47. The number of nitrogens with two attached hydrogens (primary N) is 1. The molecular formula is C11H20N6. The van der Waals surface area contributed by atoms with Crippen molar-refractivity contribution in [3.05, 3.63) is 5.82 Å². The van der Waals surface area contributed by atoms with Gasteiger partial charge in [0.1, 0.15) is 0 Å². The van der Waals surface area contributed by atoms with Crippen LogP contribution in [-0.2, 0) is 6.54 Å². The van der Waals surface area contributed by atoms with Crippen LogP contribution in [0.2, 0.25) is 0 Å². The Morgan fingerprint density at radius 1 is 1.29 bits per heavy atom. The van der Waals surface area contributed by atoms with Gasteiger partial charge in [-0.1, -0.05) is 0 Å². The Bertz CT molecular complexity index is 375. The number of piperidine rings is 1. The zero-order valence-corrected chi connectivity index (χ0v) is 10.3. The molecule has 2 saturated heterocycles. The SMILES string of the molecule is CN1C2CCC1CC(c1nnnn1CCN)C2. The average molecular weight is 236 g/mol. The lowest BCUT2D eigenvalue weighted by Crippen LogP contribution is -2.39. The predicted octanol–water partition coefficient (Wildman–Crippen LogP) is -0.0280. The Kier molecular flexibility index (Phi) is 2.84. The number of aromatic nitrogens is 4. The summed E-state index contributed by atoms with van der Waals surface area (Å²) < 4.78 is 1.88. The Balaban J connectivity index is 1.79. The van der Waals surface area contributed by atoms with Crippen LogP contribution in [0, 0.1) is 0 Å². The van der Waals surface area contributed by atoms with E-state index in [-0.39, 0.29) is 0 Å².